The molecule has 0 radical (unpaired) electrons. The fraction of sp³-hybridized carbons (Fsp3) is 0.375. The molecule has 0 N–H and O–H groups in total. The van der Waals surface area contributed by atoms with Crippen LogP contribution < -0.4 is 0 Å². The molecule has 2 heteroatoms. The van der Waals surface area contributed by atoms with E-state index in [4.69, 9.17) is 11.6 Å². The van der Waals surface area contributed by atoms with E-state index in [0.717, 1.165) is 24.0 Å². The Morgan fingerprint density at radius 3 is 2.80 bits per heavy atom. The van der Waals surface area contributed by atoms with Crippen molar-refractivity contribution in [2.45, 2.75) is 19.3 Å². The van der Waals surface area contributed by atoms with Crippen LogP contribution in [-0.4, -0.2) is 4.75 Å². The minimum absolute atomic E-state index is 0.798. The summed E-state index contributed by atoms with van der Waals surface area (Å²) < 4.78 is 0.798. The fourth-order valence-electron chi connectivity index (χ4n) is 0.568. The summed E-state index contributed by atoms with van der Waals surface area (Å²) >= 11 is 5.58. The molecule has 0 aliphatic heterocycles. The smallest absolute Gasteiger partial charge is 0.0377 e. The highest BCUT2D eigenvalue weighted by Gasteiger charge is 1.86. The summed E-state index contributed by atoms with van der Waals surface area (Å²) in [7, 11) is 3.23. The van der Waals surface area contributed by atoms with Crippen LogP contribution in [0.4, 0.5) is 0 Å². The van der Waals surface area contributed by atoms with Gasteiger partial charge in [0.15, 0.2) is 0 Å². The van der Waals surface area contributed by atoms with Crippen LogP contribution in [0.5, 0.6) is 0 Å². The molecular weight excluding hydrogens is 163 g/mol. The molecule has 0 aromatic rings. The summed E-state index contributed by atoms with van der Waals surface area (Å²) in [5, 5.41) is 0. The van der Waals surface area contributed by atoms with Gasteiger partial charge in [0.25, 0.3) is 0 Å². The van der Waals surface area contributed by atoms with Gasteiger partial charge in [-0.25, -0.2) is 0 Å². The third-order valence-electron chi connectivity index (χ3n) is 1.04. The summed E-state index contributed by atoms with van der Waals surface area (Å²) in [6, 6.07) is 0. The lowest BCUT2D eigenvalue weighted by Gasteiger charge is -1.91. The van der Waals surface area contributed by atoms with Gasteiger partial charge in [-0.05, 0) is 19.3 Å². The van der Waals surface area contributed by atoms with Gasteiger partial charge in [-0.2, -0.15) is 0 Å². The zero-order valence-electron chi connectivity index (χ0n) is 5.94. The molecule has 0 amide bonds. The van der Waals surface area contributed by atoms with Crippen molar-refractivity contribution in [3.8, 4) is 0 Å². The Balaban J connectivity index is 3.12. The molecule has 0 heterocycles. The predicted octanol–water partition coefficient (Wildman–Crippen LogP) is 3.41. The van der Waals surface area contributed by atoms with Gasteiger partial charge in [0.05, 0.1) is 0 Å². The van der Waals surface area contributed by atoms with Crippen LogP contribution in [0, 0.1) is 0 Å². The van der Waals surface area contributed by atoms with Crippen LogP contribution in [0.2, 0.25) is 0 Å². The Morgan fingerprint density at radius 2 is 2.30 bits per heavy atom. The van der Waals surface area contributed by atoms with Gasteiger partial charge >= 0.3 is 0 Å². The lowest BCUT2D eigenvalue weighted by atomic mass is 10.2. The lowest BCUT2D eigenvalue weighted by molar-refractivity contribution is 0.906. The molecule has 0 aliphatic rings. The first kappa shape index (κ1) is 9.94. The third-order valence-corrected chi connectivity index (χ3v) is 1.48. The first-order chi connectivity index (χ1) is 4.77. The second-order valence-corrected chi connectivity index (χ2v) is 3.34. The molecule has 0 fully saturated rings. The van der Waals surface area contributed by atoms with Gasteiger partial charge in [-0.3, -0.25) is 0 Å². The van der Waals surface area contributed by atoms with Gasteiger partial charge < -0.3 is 0 Å². The first-order valence-corrected chi connectivity index (χ1v) is 4.15. The molecule has 0 nitrogen and oxygen atoms in total. The number of unbranched alkanes of at least 4 members (excludes halogenated alkanes) is 1. The van der Waals surface area contributed by atoms with E-state index in [1.54, 1.807) is 6.08 Å². The molecular formula is C8H12ClP. The number of hydrogen-bond acceptors (Lipinski definition) is 0. The van der Waals surface area contributed by atoms with Crippen molar-refractivity contribution >= 4 is 25.2 Å². The van der Waals surface area contributed by atoms with Crippen LogP contribution in [0.1, 0.15) is 19.3 Å². The molecule has 0 atom stereocenters. The standard InChI is InChI=1S/C8H12ClP/c1-2-3-4-5-6-7-8(9)10/h2-4,10H,1,5-7H2/b4-3+. The van der Waals surface area contributed by atoms with Crippen LogP contribution in [0.25, 0.3) is 0 Å². The summed E-state index contributed by atoms with van der Waals surface area (Å²) in [6.45, 7) is 3.57. The molecule has 0 aromatic heterocycles. The molecule has 0 bridgehead atoms. The van der Waals surface area contributed by atoms with Crippen molar-refractivity contribution in [2.75, 3.05) is 0 Å². The van der Waals surface area contributed by atoms with Crippen LogP contribution in [0.3, 0.4) is 0 Å². The quantitative estimate of drug-likeness (QED) is 0.340. The second-order valence-electron chi connectivity index (χ2n) is 1.96. The Hall–Kier alpha value is -0.0600. The largest absolute Gasteiger partial charge is 0.106 e. The minimum atomic E-state index is 0.798. The van der Waals surface area contributed by atoms with E-state index >= 15 is 0 Å². The summed E-state index contributed by atoms with van der Waals surface area (Å²) in [6.07, 6.45) is 8.89. The van der Waals surface area contributed by atoms with Gasteiger partial charge in [-0.15, -0.1) is 8.86 Å². The zero-order valence-corrected chi connectivity index (χ0v) is 7.69. The Morgan fingerprint density at radius 1 is 1.60 bits per heavy atom. The second kappa shape index (κ2) is 7.05. The van der Waals surface area contributed by atoms with E-state index in [2.05, 4.69) is 21.5 Å². The van der Waals surface area contributed by atoms with Crippen molar-refractivity contribution in [1.29, 1.82) is 0 Å². The topological polar surface area (TPSA) is 0 Å². The summed E-state index contributed by atoms with van der Waals surface area (Å²) in [4.78, 5) is 0. The van der Waals surface area contributed by atoms with Crippen molar-refractivity contribution in [1.82, 2.24) is 0 Å². The molecule has 0 saturated carbocycles. The average Bonchev–Trinajstić information content (AvgIpc) is 1.87. The van der Waals surface area contributed by atoms with Crippen LogP contribution in [0.15, 0.2) is 24.8 Å². The third kappa shape index (κ3) is 7.94. The molecule has 10 heavy (non-hydrogen) atoms. The molecule has 0 aliphatic carbocycles. The van der Waals surface area contributed by atoms with Crippen molar-refractivity contribution in [3.63, 3.8) is 0 Å². The molecule has 0 rings (SSSR count). The highest BCUT2D eigenvalue weighted by Crippen LogP contribution is 2.02. The normalized spacial score (nSPS) is 10.1. The summed E-state index contributed by atoms with van der Waals surface area (Å²) in [5.41, 5.74) is 0. The highest BCUT2D eigenvalue weighted by atomic mass is 35.5. The zero-order chi connectivity index (χ0) is 7.82. The number of halogens is 1. The molecule has 0 aromatic carbocycles. The summed E-state index contributed by atoms with van der Waals surface area (Å²) in [5.74, 6) is 0. The number of allylic oxidation sites excluding steroid dienone is 3. The number of hydrogen-bond donors (Lipinski definition) is 0. The monoisotopic (exact) mass is 174 g/mol. The van der Waals surface area contributed by atoms with Gasteiger partial charge in [0.1, 0.15) is 0 Å². The fourth-order valence-corrected chi connectivity index (χ4v) is 0.878. The van der Waals surface area contributed by atoms with Crippen molar-refractivity contribution < 1.29 is 0 Å². The van der Waals surface area contributed by atoms with Gasteiger partial charge in [0.2, 0.25) is 0 Å². The molecule has 0 unspecified atom stereocenters. The molecule has 0 spiro atoms. The SMILES string of the molecule is C=C/C=C/CCCC(=P)Cl. The molecule has 0 saturated heterocycles. The van der Waals surface area contributed by atoms with E-state index in [0.29, 0.717) is 0 Å². The van der Waals surface area contributed by atoms with E-state index in [-0.39, 0.29) is 0 Å². The minimum Gasteiger partial charge on any atom is -0.106 e. The van der Waals surface area contributed by atoms with Crippen LogP contribution >= 0.6 is 20.5 Å². The van der Waals surface area contributed by atoms with E-state index in [1.807, 2.05) is 6.08 Å². The average molecular weight is 175 g/mol. The maximum atomic E-state index is 5.58. The maximum absolute atomic E-state index is 5.58. The predicted molar refractivity (Wildman–Crippen MR) is 52.4 cm³/mol. The van der Waals surface area contributed by atoms with Crippen LogP contribution in [-0.2, 0) is 0 Å². The van der Waals surface area contributed by atoms with Crippen molar-refractivity contribution in [2.24, 2.45) is 0 Å². The Kier molecular flexibility index (Phi) is 7.01. The first-order valence-electron chi connectivity index (χ1n) is 3.28. The Labute approximate surface area is 69.8 Å². The van der Waals surface area contributed by atoms with E-state index < -0.39 is 0 Å². The van der Waals surface area contributed by atoms with Gasteiger partial charge in [0, 0.05) is 4.75 Å². The van der Waals surface area contributed by atoms with E-state index in [9.17, 15) is 0 Å². The van der Waals surface area contributed by atoms with E-state index in [1.165, 1.54) is 0 Å². The highest BCUT2D eigenvalue weighted by molar-refractivity contribution is 7.29. The Bertz CT molecular complexity index is 138. The number of rotatable bonds is 5. The molecule has 56 valence electrons. The van der Waals surface area contributed by atoms with Gasteiger partial charge in [-0.1, -0.05) is 36.4 Å². The maximum Gasteiger partial charge on any atom is 0.0377 e. The lowest BCUT2D eigenvalue weighted by Crippen LogP contribution is -1.79. The van der Waals surface area contributed by atoms with Crippen molar-refractivity contribution in [3.05, 3.63) is 24.8 Å².